The molecule has 0 spiro atoms. The summed E-state index contributed by atoms with van der Waals surface area (Å²) < 4.78 is 0. The lowest BCUT2D eigenvalue weighted by molar-refractivity contribution is 0.858. The molecule has 0 aromatic rings. The molecule has 10 heavy (non-hydrogen) atoms. The molecule has 0 amide bonds. The van der Waals surface area contributed by atoms with Crippen molar-refractivity contribution in [2.24, 2.45) is 0 Å². The van der Waals surface area contributed by atoms with Crippen LogP contribution >= 0.6 is 0 Å². The van der Waals surface area contributed by atoms with Gasteiger partial charge < -0.3 is 0 Å². The van der Waals surface area contributed by atoms with E-state index < -0.39 is 0 Å². The summed E-state index contributed by atoms with van der Waals surface area (Å²) in [6.45, 7) is 11.2. The maximum atomic E-state index is 3.76. The second-order valence-electron chi connectivity index (χ2n) is 2.44. The minimum absolute atomic E-state index is 0.0649. The Hall–Kier alpha value is -0.563. The van der Waals surface area contributed by atoms with Gasteiger partial charge in [-0.25, -0.2) is 0 Å². The van der Waals surface area contributed by atoms with E-state index in [4.69, 9.17) is 0 Å². The Bertz CT molecular complexity index is 92.1. The number of hydrogen-bond acceptors (Lipinski definition) is 0. The van der Waals surface area contributed by atoms with Gasteiger partial charge in [-0.2, -0.15) is 0 Å². The van der Waals surface area contributed by atoms with Crippen molar-refractivity contribution in [3.05, 3.63) is 37.6 Å². The highest BCUT2D eigenvalue weighted by atomic mass is 28.2. The molecule has 0 aliphatic rings. The Kier molecular flexibility index (Phi) is 6.19. The third kappa shape index (κ3) is 4.33. The molecule has 0 N–H and O–H groups in total. The molecular weight excluding hydrogens is 136 g/mol. The van der Waals surface area contributed by atoms with Crippen LogP contribution in [-0.2, 0) is 0 Å². The van der Waals surface area contributed by atoms with Crippen LogP contribution in [0.1, 0.15) is 12.8 Å². The maximum Gasteiger partial charge on any atom is 0.0483 e. The summed E-state index contributed by atoms with van der Waals surface area (Å²) in [6.07, 6.45) is 6.24. The van der Waals surface area contributed by atoms with Gasteiger partial charge in [-0.1, -0.05) is 12.2 Å². The van der Waals surface area contributed by atoms with Crippen molar-refractivity contribution in [1.82, 2.24) is 0 Å². The smallest absolute Gasteiger partial charge is 0.0483 e. The van der Waals surface area contributed by atoms with Gasteiger partial charge in [-0.15, -0.1) is 25.4 Å². The summed E-state index contributed by atoms with van der Waals surface area (Å²) in [6, 6.07) is 0. The first-order valence-electron chi connectivity index (χ1n) is 3.67. The van der Waals surface area contributed by atoms with Crippen LogP contribution in [0.25, 0.3) is 0 Å². The van der Waals surface area contributed by atoms with Crippen LogP contribution in [0.3, 0.4) is 0 Å². The summed E-state index contributed by atoms with van der Waals surface area (Å²) >= 11 is 0. The molecule has 0 saturated heterocycles. The Morgan fingerprint density at radius 3 is 1.90 bits per heavy atom. The summed E-state index contributed by atoms with van der Waals surface area (Å²) in [5, 5.41) is 0. The molecule has 0 nitrogen and oxygen atoms in total. The van der Waals surface area contributed by atoms with Gasteiger partial charge in [0, 0.05) is 9.52 Å². The second-order valence-corrected chi connectivity index (χ2v) is 4.64. The lowest BCUT2D eigenvalue weighted by atomic mass is 10.2. The molecule has 0 rings (SSSR count). The summed E-state index contributed by atoms with van der Waals surface area (Å²) in [5.74, 6) is 0. The predicted molar refractivity (Wildman–Crippen MR) is 52.1 cm³/mol. The third-order valence-corrected chi connectivity index (χ3v) is 3.17. The SMILES string of the molecule is C=CCC(CC=C)[SiH2]C=C. The Morgan fingerprint density at radius 1 is 1.10 bits per heavy atom. The van der Waals surface area contributed by atoms with Crippen LogP contribution in [-0.4, -0.2) is 9.52 Å². The average molecular weight is 152 g/mol. The predicted octanol–water partition coefficient (Wildman–Crippen LogP) is 2.24. The molecule has 0 saturated carbocycles. The van der Waals surface area contributed by atoms with Crippen LogP contribution in [0.4, 0.5) is 0 Å². The van der Waals surface area contributed by atoms with Crippen LogP contribution in [0, 0.1) is 0 Å². The van der Waals surface area contributed by atoms with Crippen molar-refractivity contribution in [2.75, 3.05) is 0 Å². The monoisotopic (exact) mass is 152 g/mol. The van der Waals surface area contributed by atoms with E-state index >= 15 is 0 Å². The minimum atomic E-state index is -0.0649. The Balaban J connectivity index is 3.58. The van der Waals surface area contributed by atoms with Crippen molar-refractivity contribution < 1.29 is 0 Å². The molecule has 0 aliphatic carbocycles. The van der Waals surface area contributed by atoms with Crippen LogP contribution < -0.4 is 0 Å². The van der Waals surface area contributed by atoms with Gasteiger partial charge >= 0.3 is 0 Å². The van der Waals surface area contributed by atoms with Gasteiger partial charge in [-0.05, 0) is 18.4 Å². The zero-order valence-corrected chi connectivity index (χ0v) is 7.97. The van der Waals surface area contributed by atoms with E-state index in [1.54, 1.807) is 0 Å². The van der Waals surface area contributed by atoms with E-state index in [0.29, 0.717) is 0 Å². The van der Waals surface area contributed by atoms with Crippen LogP contribution in [0.2, 0.25) is 5.54 Å². The average Bonchev–Trinajstić information content (AvgIpc) is 1.90. The van der Waals surface area contributed by atoms with Crippen molar-refractivity contribution in [2.45, 2.75) is 18.4 Å². The molecule has 0 aliphatic heterocycles. The summed E-state index contributed by atoms with van der Waals surface area (Å²) in [5.41, 5.74) is 2.91. The summed E-state index contributed by atoms with van der Waals surface area (Å²) in [7, 11) is -0.0649. The highest BCUT2D eigenvalue weighted by Crippen LogP contribution is 2.14. The van der Waals surface area contributed by atoms with Gasteiger partial charge in [0.15, 0.2) is 0 Å². The third-order valence-electron chi connectivity index (χ3n) is 1.50. The molecule has 0 fully saturated rings. The zero-order valence-electron chi connectivity index (χ0n) is 6.55. The second kappa shape index (κ2) is 6.56. The molecule has 1 heteroatoms. The molecule has 0 radical (unpaired) electrons. The quantitative estimate of drug-likeness (QED) is 0.404. The van der Waals surface area contributed by atoms with E-state index in [-0.39, 0.29) is 9.52 Å². The molecule has 0 aromatic heterocycles. The van der Waals surface area contributed by atoms with Crippen molar-refractivity contribution in [3.8, 4) is 0 Å². The number of allylic oxidation sites excluding steroid dienone is 2. The zero-order chi connectivity index (χ0) is 7.82. The van der Waals surface area contributed by atoms with Gasteiger partial charge in [-0.3, -0.25) is 0 Å². The highest BCUT2D eigenvalue weighted by molar-refractivity contribution is 6.43. The highest BCUT2D eigenvalue weighted by Gasteiger charge is 2.00. The van der Waals surface area contributed by atoms with Crippen molar-refractivity contribution >= 4 is 9.52 Å². The fourth-order valence-corrected chi connectivity index (χ4v) is 2.32. The molecule has 0 heterocycles. The first-order chi connectivity index (χ1) is 4.85. The largest absolute Gasteiger partial charge is 0.108 e. The Morgan fingerprint density at radius 2 is 1.60 bits per heavy atom. The van der Waals surface area contributed by atoms with E-state index in [0.717, 1.165) is 18.4 Å². The maximum absolute atomic E-state index is 3.76. The van der Waals surface area contributed by atoms with Gasteiger partial charge in [0.25, 0.3) is 0 Å². The van der Waals surface area contributed by atoms with Gasteiger partial charge in [0.1, 0.15) is 0 Å². The molecule has 0 bridgehead atoms. The molecular formula is C9H16Si. The van der Waals surface area contributed by atoms with Crippen molar-refractivity contribution in [3.63, 3.8) is 0 Å². The van der Waals surface area contributed by atoms with Crippen molar-refractivity contribution in [1.29, 1.82) is 0 Å². The summed E-state index contributed by atoms with van der Waals surface area (Å²) in [4.78, 5) is 0. The van der Waals surface area contributed by atoms with E-state index in [1.165, 1.54) is 0 Å². The van der Waals surface area contributed by atoms with Gasteiger partial charge in [0.2, 0.25) is 0 Å². The molecule has 0 unspecified atom stereocenters. The molecule has 56 valence electrons. The first-order valence-corrected chi connectivity index (χ1v) is 5.31. The lowest BCUT2D eigenvalue weighted by Crippen LogP contribution is -1.98. The lowest BCUT2D eigenvalue weighted by Gasteiger charge is -2.07. The fourth-order valence-electron chi connectivity index (χ4n) is 0.996. The van der Waals surface area contributed by atoms with Crippen LogP contribution in [0.15, 0.2) is 37.6 Å². The van der Waals surface area contributed by atoms with E-state index in [2.05, 4.69) is 25.4 Å². The standard InChI is InChI=1S/C9H16Si/c1-4-7-9(8-5-2)10-6-3/h4-6,9H,1-3,7-8,10H2. The Labute approximate surface area is 66.2 Å². The van der Waals surface area contributed by atoms with E-state index in [9.17, 15) is 0 Å². The number of hydrogen-bond donors (Lipinski definition) is 0. The normalized spacial score (nSPS) is 10.5. The molecule has 0 atom stereocenters. The van der Waals surface area contributed by atoms with Crippen LogP contribution in [0.5, 0.6) is 0 Å². The molecule has 0 aromatic carbocycles. The van der Waals surface area contributed by atoms with E-state index in [1.807, 2.05) is 12.2 Å². The first kappa shape index (κ1) is 9.44. The van der Waals surface area contributed by atoms with Gasteiger partial charge in [0.05, 0.1) is 0 Å². The number of rotatable bonds is 6. The topological polar surface area (TPSA) is 0 Å². The fraction of sp³-hybridized carbons (Fsp3) is 0.333. The minimum Gasteiger partial charge on any atom is -0.108 e.